The minimum Gasteiger partial charge on any atom is -0.292 e. The lowest BCUT2D eigenvalue weighted by Gasteiger charge is -2.65. The molecule has 12 heteroatoms. The van der Waals surface area contributed by atoms with Gasteiger partial charge in [-0.05, 0) is 60.7 Å². The first kappa shape index (κ1) is 22.9. The summed E-state index contributed by atoms with van der Waals surface area (Å²) in [6.45, 7) is 4.03. The number of carbonyl (C=O) groups excluding carboxylic acids is 1. The molecule has 4 fully saturated rings. The maximum absolute atomic E-state index is 14.4. The van der Waals surface area contributed by atoms with Gasteiger partial charge in [-0.3, -0.25) is 4.79 Å². The Balaban J connectivity index is 1.85. The van der Waals surface area contributed by atoms with Crippen LogP contribution in [-0.4, -0.2) is 38.5 Å². The summed E-state index contributed by atoms with van der Waals surface area (Å²) in [5.41, 5.74) is -7.14. The summed E-state index contributed by atoms with van der Waals surface area (Å²) < 4.78 is 112. The zero-order valence-corrected chi connectivity index (χ0v) is 17.6. The van der Waals surface area contributed by atoms with Crippen LogP contribution in [0.1, 0.15) is 58.8 Å². The Morgan fingerprint density at radius 1 is 0.862 bits per heavy atom. The number of hydrogen-bond acceptors (Lipinski definition) is 5. The van der Waals surface area contributed by atoms with E-state index in [9.17, 15) is 43.6 Å². The van der Waals surface area contributed by atoms with Crippen LogP contribution in [0.25, 0.3) is 0 Å². The fourth-order valence-electron chi connectivity index (χ4n) is 6.84. The van der Waals surface area contributed by atoms with Gasteiger partial charge in [-0.2, -0.15) is 22.0 Å². The molecular formula is C17H23F5O5S2. The fourth-order valence-corrected chi connectivity index (χ4v) is 10.0. The quantitative estimate of drug-likeness (QED) is 0.556. The van der Waals surface area contributed by atoms with Gasteiger partial charge in [0.05, 0.1) is 0 Å². The molecule has 4 aliphatic carbocycles. The van der Waals surface area contributed by atoms with E-state index in [-0.39, 0.29) is 16.7 Å². The van der Waals surface area contributed by atoms with Crippen molar-refractivity contribution in [3.63, 3.8) is 0 Å². The molecule has 4 bridgehead atoms. The largest absolute Gasteiger partial charge is 0.498 e. The van der Waals surface area contributed by atoms with Crippen LogP contribution < -0.4 is 0 Å². The Bertz CT molecular complexity index is 920. The maximum Gasteiger partial charge on any atom is 0.498 e. The van der Waals surface area contributed by atoms with E-state index in [1.807, 2.05) is 13.8 Å². The number of hydrogen-bond donors (Lipinski definition) is 0. The van der Waals surface area contributed by atoms with Crippen molar-refractivity contribution in [3.8, 4) is 0 Å². The summed E-state index contributed by atoms with van der Waals surface area (Å²) in [6.07, 6.45) is 3.32. The molecular weight excluding hydrogens is 443 g/mol. The normalized spacial score (nSPS) is 37.7. The zero-order chi connectivity index (χ0) is 22.3. The molecule has 0 spiro atoms. The molecule has 29 heavy (non-hydrogen) atoms. The van der Waals surface area contributed by atoms with E-state index in [0.717, 1.165) is 19.3 Å². The molecule has 0 N–H and O–H groups in total. The average Bonchev–Trinajstić information content (AvgIpc) is 2.39. The van der Waals surface area contributed by atoms with E-state index < -0.39 is 53.1 Å². The van der Waals surface area contributed by atoms with E-state index in [4.69, 9.17) is 0 Å². The molecule has 0 heterocycles. The molecule has 0 saturated heterocycles. The topological polar surface area (TPSA) is 85.3 Å². The summed E-state index contributed by atoms with van der Waals surface area (Å²) in [5, 5.41) is -8.05. The van der Waals surface area contributed by atoms with Crippen molar-refractivity contribution in [3.05, 3.63) is 0 Å². The molecule has 0 aromatic carbocycles. The van der Waals surface area contributed by atoms with Gasteiger partial charge in [0.15, 0.2) is 5.08 Å². The summed E-state index contributed by atoms with van der Waals surface area (Å²) in [6, 6.07) is 0. The van der Waals surface area contributed by atoms with Crippen molar-refractivity contribution in [2.75, 3.05) is 5.08 Å². The standard InChI is InChI=1S/C17H23F5O5S2/c1-13-3-11-4-14(2,7-13)9-15(5-11,8-13)6-12(23)16(18,19)28(24,25)10-29(26,27)17(20,21)22/h11H,3-10H2,1-2H3. The number of rotatable bonds is 6. The molecule has 4 aliphatic rings. The SMILES string of the molecule is CC12CC3CC(C)(C1)CC(CC(=O)C(F)(F)S(=O)(=O)CS(=O)(=O)C(F)(F)F)(C3)C2. The number of ketones is 1. The van der Waals surface area contributed by atoms with Gasteiger partial charge in [-0.25, -0.2) is 16.8 Å². The highest BCUT2D eigenvalue weighted by Gasteiger charge is 2.64. The van der Waals surface area contributed by atoms with Crippen molar-refractivity contribution in [2.24, 2.45) is 22.2 Å². The minimum absolute atomic E-state index is 0.151. The molecule has 4 rings (SSSR count). The average molecular weight is 466 g/mol. The highest BCUT2D eigenvalue weighted by atomic mass is 32.3. The third-order valence-corrected chi connectivity index (χ3v) is 10.9. The molecule has 0 radical (unpaired) electrons. The van der Waals surface area contributed by atoms with E-state index in [2.05, 4.69) is 0 Å². The van der Waals surface area contributed by atoms with Crippen LogP contribution in [0.3, 0.4) is 0 Å². The van der Waals surface area contributed by atoms with Gasteiger partial charge in [-0.15, -0.1) is 0 Å². The number of halogens is 5. The summed E-state index contributed by atoms with van der Waals surface area (Å²) >= 11 is 0. The number of Topliss-reactive ketones (excluding diaryl/α,β-unsaturated/α-hetero) is 1. The first-order chi connectivity index (χ1) is 12.7. The van der Waals surface area contributed by atoms with E-state index in [0.29, 0.717) is 19.3 Å². The second-order valence-electron chi connectivity index (χ2n) is 10.0. The maximum atomic E-state index is 14.4. The second-order valence-corrected chi connectivity index (χ2v) is 14.4. The highest BCUT2D eigenvalue weighted by molar-refractivity contribution is 8.09. The van der Waals surface area contributed by atoms with E-state index >= 15 is 0 Å². The van der Waals surface area contributed by atoms with Crippen LogP contribution >= 0.6 is 0 Å². The number of sulfone groups is 2. The predicted molar refractivity (Wildman–Crippen MR) is 93.2 cm³/mol. The summed E-state index contributed by atoms with van der Waals surface area (Å²) in [7, 11) is -12.6. The van der Waals surface area contributed by atoms with Crippen LogP contribution in [0.4, 0.5) is 22.0 Å². The van der Waals surface area contributed by atoms with Crippen molar-refractivity contribution >= 4 is 25.5 Å². The van der Waals surface area contributed by atoms with Crippen molar-refractivity contribution < 1.29 is 43.6 Å². The van der Waals surface area contributed by atoms with E-state index in [1.165, 1.54) is 0 Å². The van der Waals surface area contributed by atoms with Gasteiger partial charge in [0.1, 0.15) is 0 Å². The minimum atomic E-state index is -6.37. The zero-order valence-electron chi connectivity index (χ0n) is 16.0. The van der Waals surface area contributed by atoms with Gasteiger partial charge in [0.2, 0.25) is 15.6 Å². The predicted octanol–water partition coefficient (Wildman–Crippen LogP) is 3.84. The second kappa shape index (κ2) is 6.14. The molecule has 0 amide bonds. The Labute approximate surface area is 166 Å². The van der Waals surface area contributed by atoms with Gasteiger partial charge in [0.25, 0.3) is 9.84 Å². The van der Waals surface area contributed by atoms with Crippen LogP contribution in [0.15, 0.2) is 0 Å². The van der Waals surface area contributed by atoms with Crippen molar-refractivity contribution in [1.82, 2.24) is 0 Å². The van der Waals surface area contributed by atoms with Crippen LogP contribution in [0.2, 0.25) is 0 Å². The van der Waals surface area contributed by atoms with E-state index in [1.54, 1.807) is 0 Å². The van der Waals surface area contributed by atoms with Gasteiger partial charge in [0, 0.05) is 6.42 Å². The van der Waals surface area contributed by atoms with Crippen molar-refractivity contribution in [1.29, 1.82) is 0 Å². The lowest BCUT2D eigenvalue weighted by molar-refractivity contribution is -0.161. The Kier molecular flexibility index (Phi) is 4.85. The van der Waals surface area contributed by atoms with Gasteiger partial charge in [-0.1, -0.05) is 13.8 Å². The first-order valence-corrected chi connectivity index (χ1v) is 12.5. The third-order valence-electron chi connectivity index (χ3n) is 6.66. The Hall–Kier alpha value is -0.780. The smallest absolute Gasteiger partial charge is 0.292 e. The van der Waals surface area contributed by atoms with Gasteiger partial charge < -0.3 is 0 Å². The molecule has 2 atom stereocenters. The van der Waals surface area contributed by atoms with Crippen LogP contribution in [0, 0.1) is 22.2 Å². The Morgan fingerprint density at radius 2 is 1.34 bits per heavy atom. The fraction of sp³-hybridized carbons (Fsp3) is 0.941. The van der Waals surface area contributed by atoms with Gasteiger partial charge >= 0.3 is 10.8 Å². The number of carbonyl (C=O) groups is 1. The highest BCUT2D eigenvalue weighted by Crippen LogP contribution is 2.70. The summed E-state index contributed by atoms with van der Waals surface area (Å²) in [4.78, 5) is 12.3. The van der Waals surface area contributed by atoms with Crippen molar-refractivity contribution in [2.45, 2.75) is 69.6 Å². The molecule has 168 valence electrons. The Morgan fingerprint density at radius 3 is 1.76 bits per heavy atom. The molecule has 0 aromatic rings. The number of alkyl halides is 5. The first-order valence-electron chi connectivity index (χ1n) is 9.17. The lowest BCUT2D eigenvalue weighted by Crippen LogP contribution is -2.56. The molecule has 4 saturated carbocycles. The lowest BCUT2D eigenvalue weighted by atomic mass is 9.39. The molecule has 5 nitrogen and oxygen atoms in total. The summed E-state index contributed by atoms with van der Waals surface area (Å²) in [5.74, 6) is -1.80. The molecule has 2 unspecified atom stereocenters. The van der Waals surface area contributed by atoms with Crippen LogP contribution in [-0.2, 0) is 24.5 Å². The molecule has 0 aliphatic heterocycles. The third kappa shape index (κ3) is 3.83. The van der Waals surface area contributed by atoms with Crippen LogP contribution in [0.5, 0.6) is 0 Å². The molecule has 0 aromatic heterocycles. The monoisotopic (exact) mass is 466 g/mol.